The van der Waals surface area contributed by atoms with Crippen molar-refractivity contribution in [3.05, 3.63) is 83.6 Å². The normalized spacial score (nSPS) is 19.6. The Labute approximate surface area is 180 Å². The second kappa shape index (κ2) is 7.29. The van der Waals surface area contributed by atoms with Crippen molar-refractivity contribution in [2.45, 2.75) is 37.0 Å². The van der Waals surface area contributed by atoms with Crippen molar-refractivity contribution in [3.8, 4) is 0 Å². The molecule has 2 aliphatic carbocycles. The van der Waals surface area contributed by atoms with Crippen molar-refractivity contribution >= 4 is 16.8 Å². The minimum absolute atomic E-state index is 0.202. The molecule has 5 nitrogen and oxygen atoms in total. The van der Waals surface area contributed by atoms with E-state index in [1.807, 2.05) is 0 Å². The zero-order valence-corrected chi connectivity index (χ0v) is 16.7. The lowest BCUT2D eigenvalue weighted by Gasteiger charge is -2.20. The lowest BCUT2D eigenvalue weighted by molar-refractivity contribution is -0.137. The molecule has 2 aromatic heterocycles. The van der Waals surface area contributed by atoms with Gasteiger partial charge in [-0.25, -0.2) is 4.39 Å². The van der Waals surface area contributed by atoms with Crippen LogP contribution in [0.15, 0.2) is 66.9 Å². The van der Waals surface area contributed by atoms with Crippen LogP contribution in [0.3, 0.4) is 0 Å². The van der Waals surface area contributed by atoms with Gasteiger partial charge < -0.3 is 5.32 Å². The molecule has 0 radical (unpaired) electrons. The summed E-state index contributed by atoms with van der Waals surface area (Å²) in [5.74, 6) is -0.733. The van der Waals surface area contributed by atoms with E-state index < -0.39 is 23.2 Å². The molecule has 1 amide bonds. The van der Waals surface area contributed by atoms with Crippen LogP contribution in [0.25, 0.3) is 10.9 Å². The SMILES string of the molecule is O=C(NC1(c2cccc(C(F)(F)F)c2)CC1)c1cncc2c1cnn2C1C=CC(F)=CC1. The number of amides is 1. The van der Waals surface area contributed by atoms with Crippen LogP contribution < -0.4 is 5.32 Å². The van der Waals surface area contributed by atoms with Crippen LogP contribution in [0.5, 0.6) is 0 Å². The first-order chi connectivity index (χ1) is 15.3. The highest BCUT2D eigenvalue weighted by molar-refractivity contribution is 6.06. The molecule has 32 heavy (non-hydrogen) atoms. The summed E-state index contributed by atoms with van der Waals surface area (Å²) in [7, 11) is 0. The molecule has 0 aliphatic heterocycles. The molecule has 164 valence electrons. The van der Waals surface area contributed by atoms with Crippen molar-refractivity contribution in [1.29, 1.82) is 0 Å². The van der Waals surface area contributed by atoms with E-state index in [0.717, 1.165) is 12.1 Å². The number of nitrogens with zero attached hydrogens (tertiary/aromatic N) is 3. The molecule has 0 saturated heterocycles. The van der Waals surface area contributed by atoms with Gasteiger partial charge in [0.05, 0.1) is 40.6 Å². The molecule has 5 rings (SSSR count). The van der Waals surface area contributed by atoms with Gasteiger partial charge in [0, 0.05) is 11.6 Å². The summed E-state index contributed by atoms with van der Waals surface area (Å²) in [6, 6.07) is 4.85. The summed E-state index contributed by atoms with van der Waals surface area (Å²) in [5.41, 5.74) is -0.241. The molecule has 1 aromatic carbocycles. The number of alkyl halides is 3. The number of carbonyl (C=O) groups excluding carboxylic acids is 1. The highest BCUT2D eigenvalue weighted by Gasteiger charge is 2.47. The van der Waals surface area contributed by atoms with Crippen LogP contribution in [-0.4, -0.2) is 20.7 Å². The number of halogens is 4. The quantitative estimate of drug-likeness (QED) is 0.564. The van der Waals surface area contributed by atoms with Crippen LogP contribution in [0, 0.1) is 0 Å². The van der Waals surface area contributed by atoms with Gasteiger partial charge in [-0.15, -0.1) is 0 Å². The molecule has 3 aromatic rings. The summed E-state index contributed by atoms with van der Waals surface area (Å²) in [5, 5.41) is 7.84. The second-order valence-corrected chi connectivity index (χ2v) is 8.07. The Morgan fingerprint density at radius 3 is 2.69 bits per heavy atom. The lowest BCUT2D eigenvalue weighted by atomic mass is 10.0. The molecule has 2 heterocycles. The van der Waals surface area contributed by atoms with Gasteiger partial charge >= 0.3 is 6.18 Å². The monoisotopic (exact) mass is 442 g/mol. The summed E-state index contributed by atoms with van der Waals surface area (Å²) in [6.45, 7) is 0. The van der Waals surface area contributed by atoms with Gasteiger partial charge in [0.25, 0.3) is 5.91 Å². The van der Waals surface area contributed by atoms with Gasteiger partial charge in [-0.1, -0.05) is 18.2 Å². The minimum atomic E-state index is -4.45. The number of carbonyl (C=O) groups is 1. The molecule has 0 bridgehead atoms. The van der Waals surface area contributed by atoms with Crippen LogP contribution in [0.4, 0.5) is 17.6 Å². The zero-order valence-electron chi connectivity index (χ0n) is 16.7. The van der Waals surface area contributed by atoms with E-state index in [0.29, 0.717) is 35.7 Å². The van der Waals surface area contributed by atoms with Gasteiger partial charge in [0.2, 0.25) is 0 Å². The molecule has 1 unspecified atom stereocenters. The Morgan fingerprint density at radius 1 is 1.19 bits per heavy atom. The Balaban J connectivity index is 1.43. The van der Waals surface area contributed by atoms with E-state index in [9.17, 15) is 22.4 Å². The van der Waals surface area contributed by atoms with Crippen LogP contribution in [0.2, 0.25) is 0 Å². The molecule has 1 fully saturated rings. The summed E-state index contributed by atoms with van der Waals surface area (Å²) >= 11 is 0. The van der Waals surface area contributed by atoms with E-state index in [2.05, 4.69) is 15.4 Å². The Bertz CT molecular complexity index is 1270. The van der Waals surface area contributed by atoms with E-state index in [1.54, 1.807) is 29.2 Å². The molecule has 0 spiro atoms. The number of allylic oxidation sites excluding steroid dienone is 4. The minimum Gasteiger partial charge on any atom is -0.342 e. The lowest BCUT2D eigenvalue weighted by Crippen LogP contribution is -2.35. The van der Waals surface area contributed by atoms with Crippen LogP contribution in [-0.2, 0) is 11.7 Å². The number of nitrogens with one attached hydrogen (secondary N) is 1. The topological polar surface area (TPSA) is 59.8 Å². The molecule has 9 heteroatoms. The third-order valence-electron chi connectivity index (χ3n) is 5.96. The van der Waals surface area contributed by atoms with Crippen LogP contribution >= 0.6 is 0 Å². The number of aromatic nitrogens is 3. The fraction of sp³-hybridized carbons (Fsp3) is 0.261. The van der Waals surface area contributed by atoms with Crippen LogP contribution in [0.1, 0.15) is 46.8 Å². The third kappa shape index (κ3) is 3.57. The number of hydrogen-bond donors (Lipinski definition) is 1. The van der Waals surface area contributed by atoms with E-state index in [1.165, 1.54) is 24.4 Å². The highest BCUT2D eigenvalue weighted by Crippen LogP contribution is 2.47. The smallest absolute Gasteiger partial charge is 0.342 e. The highest BCUT2D eigenvalue weighted by atomic mass is 19.4. The molecule has 1 saturated carbocycles. The number of rotatable bonds is 4. The Hall–Kier alpha value is -3.49. The van der Waals surface area contributed by atoms with Gasteiger partial charge in [0.15, 0.2) is 0 Å². The van der Waals surface area contributed by atoms with Crippen molar-refractivity contribution in [2.75, 3.05) is 0 Å². The molecular formula is C23H18F4N4O. The Kier molecular flexibility index (Phi) is 4.65. The zero-order chi connectivity index (χ0) is 22.5. The van der Waals surface area contributed by atoms with Crippen molar-refractivity contribution in [1.82, 2.24) is 20.1 Å². The predicted octanol–water partition coefficient (Wildman–Crippen LogP) is 5.22. The average molecular weight is 442 g/mol. The first kappa shape index (κ1) is 20.4. The van der Waals surface area contributed by atoms with Gasteiger partial charge in [-0.05, 0) is 49.1 Å². The fourth-order valence-electron chi connectivity index (χ4n) is 4.06. The summed E-state index contributed by atoms with van der Waals surface area (Å²) < 4.78 is 54.3. The number of pyridine rings is 1. The largest absolute Gasteiger partial charge is 0.416 e. The van der Waals surface area contributed by atoms with Crippen molar-refractivity contribution < 1.29 is 22.4 Å². The van der Waals surface area contributed by atoms with E-state index in [-0.39, 0.29) is 17.4 Å². The average Bonchev–Trinajstić information content (AvgIpc) is 3.43. The molecular weight excluding hydrogens is 424 g/mol. The number of hydrogen-bond acceptors (Lipinski definition) is 3. The summed E-state index contributed by atoms with van der Waals surface area (Å²) in [6.07, 6.45) is 6.16. The number of fused-ring (bicyclic) bond motifs is 1. The van der Waals surface area contributed by atoms with E-state index >= 15 is 0 Å². The maximum Gasteiger partial charge on any atom is 0.416 e. The standard InChI is InChI=1S/C23H18F4N4O/c24-16-4-6-17(7-5-16)31-20-13-28-11-19(18(20)12-29-31)21(32)30-22(8-9-22)14-2-1-3-15(10-14)23(25,26)27/h1-6,10-13,17H,7-9H2,(H,30,32). The predicted molar refractivity (Wildman–Crippen MR) is 109 cm³/mol. The second-order valence-electron chi connectivity index (χ2n) is 8.07. The van der Waals surface area contributed by atoms with Gasteiger partial charge in [0.1, 0.15) is 5.83 Å². The third-order valence-corrected chi connectivity index (χ3v) is 5.96. The number of benzene rings is 1. The first-order valence-corrected chi connectivity index (χ1v) is 10.1. The van der Waals surface area contributed by atoms with Gasteiger partial charge in [-0.2, -0.15) is 18.3 Å². The Morgan fingerprint density at radius 2 is 2.00 bits per heavy atom. The molecule has 1 atom stereocenters. The molecule has 2 aliphatic rings. The van der Waals surface area contributed by atoms with E-state index in [4.69, 9.17) is 0 Å². The van der Waals surface area contributed by atoms with Crippen molar-refractivity contribution in [3.63, 3.8) is 0 Å². The van der Waals surface area contributed by atoms with Crippen molar-refractivity contribution in [2.24, 2.45) is 0 Å². The maximum absolute atomic E-state index is 13.3. The fourth-order valence-corrected chi connectivity index (χ4v) is 4.06. The molecule has 1 N–H and O–H groups in total. The summed E-state index contributed by atoms with van der Waals surface area (Å²) in [4.78, 5) is 17.3. The first-order valence-electron chi connectivity index (χ1n) is 10.1. The maximum atomic E-state index is 13.3. The van der Waals surface area contributed by atoms with Gasteiger partial charge in [-0.3, -0.25) is 14.5 Å².